The fourth-order valence-electron chi connectivity index (χ4n) is 2.01. The first-order chi connectivity index (χ1) is 8.63. The Labute approximate surface area is 106 Å². The molecule has 1 aromatic carbocycles. The monoisotopic (exact) mass is 244 g/mol. The molecule has 0 saturated carbocycles. The van der Waals surface area contributed by atoms with Gasteiger partial charge in [0.25, 0.3) is 0 Å². The van der Waals surface area contributed by atoms with Crippen LogP contribution in [-0.4, -0.2) is 20.6 Å². The molecule has 18 heavy (non-hydrogen) atoms. The highest BCUT2D eigenvalue weighted by molar-refractivity contribution is 5.86. The Morgan fingerprint density at radius 2 is 2.17 bits per heavy atom. The van der Waals surface area contributed by atoms with Crippen molar-refractivity contribution in [3.63, 3.8) is 0 Å². The standard InChI is InChI=1S/C14H16N2O2/c1-3-11(14(17)18)8-9-16-10(2)15-12-6-4-5-7-13(12)16/h4-8H,3,9H2,1-2H3,(H,17,18). The van der Waals surface area contributed by atoms with Crippen molar-refractivity contribution in [2.45, 2.75) is 26.8 Å². The number of hydrogen-bond acceptors (Lipinski definition) is 2. The molecule has 4 heteroatoms. The van der Waals surface area contributed by atoms with E-state index < -0.39 is 5.97 Å². The van der Waals surface area contributed by atoms with E-state index in [1.54, 1.807) is 6.08 Å². The van der Waals surface area contributed by atoms with E-state index >= 15 is 0 Å². The van der Waals surface area contributed by atoms with Crippen LogP contribution in [0.2, 0.25) is 0 Å². The summed E-state index contributed by atoms with van der Waals surface area (Å²) in [6, 6.07) is 7.86. The normalized spacial score (nSPS) is 12.0. The molecule has 1 N–H and O–H groups in total. The topological polar surface area (TPSA) is 55.1 Å². The van der Waals surface area contributed by atoms with Gasteiger partial charge in [-0.25, -0.2) is 9.78 Å². The number of carbonyl (C=O) groups is 1. The fraction of sp³-hybridized carbons (Fsp3) is 0.286. The van der Waals surface area contributed by atoms with Gasteiger partial charge in [0.1, 0.15) is 5.82 Å². The van der Waals surface area contributed by atoms with E-state index in [2.05, 4.69) is 4.98 Å². The van der Waals surface area contributed by atoms with Crippen molar-refractivity contribution in [2.24, 2.45) is 0 Å². The molecule has 0 fully saturated rings. The molecule has 1 heterocycles. The molecule has 0 saturated heterocycles. The van der Waals surface area contributed by atoms with Gasteiger partial charge in [-0.05, 0) is 25.5 Å². The van der Waals surface area contributed by atoms with E-state index in [1.807, 2.05) is 42.7 Å². The molecule has 0 atom stereocenters. The van der Waals surface area contributed by atoms with Gasteiger partial charge in [0.15, 0.2) is 0 Å². The molecule has 0 aliphatic carbocycles. The summed E-state index contributed by atoms with van der Waals surface area (Å²) in [5.41, 5.74) is 2.41. The summed E-state index contributed by atoms with van der Waals surface area (Å²) in [5.74, 6) is 0.0489. The summed E-state index contributed by atoms with van der Waals surface area (Å²) in [7, 11) is 0. The number of aliphatic carboxylic acids is 1. The minimum atomic E-state index is -0.848. The number of aryl methyl sites for hydroxylation is 1. The van der Waals surface area contributed by atoms with Gasteiger partial charge >= 0.3 is 5.97 Å². The Balaban J connectivity index is 2.37. The van der Waals surface area contributed by atoms with Gasteiger partial charge in [-0.15, -0.1) is 0 Å². The second kappa shape index (κ2) is 5.04. The molecule has 0 spiro atoms. The molecule has 2 rings (SSSR count). The summed E-state index contributed by atoms with van der Waals surface area (Å²) in [6.45, 7) is 4.32. The zero-order valence-corrected chi connectivity index (χ0v) is 10.6. The van der Waals surface area contributed by atoms with Crippen LogP contribution < -0.4 is 0 Å². The Morgan fingerprint density at radius 1 is 1.44 bits per heavy atom. The molecule has 0 radical (unpaired) electrons. The Kier molecular flexibility index (Phi) is 3.46. The predicted octanol–water partition coefficient (Wildman–Crippen LogP) is 2.77. The third kappa shape index (κ3) is 2.27. The third-order valence-corrected chi connectivity index (χ3v) is 3.02. The molecule has 0 amide bonds. The maximum atomic E-state index is 10.9. The average Bonchev–Trinajstić information content (AvgIpc) is 2.66. The van der Waals surface area contributed by atoms with Crippen LogP contribution >= 0.6 is 0 Å². The summed E-state index contributed by atoms with van der Waals surface area (Å²) in [4.78, 5) is 15.4. The smallest absolute Gasteiger partial charge is 0.331 e. The lowest BCUT2D eigenvalue weighted by atomic mass is 10.2. The number of aromatic nitrogens is 2. The highest BCUT2D eigenvalue weighted by Crippen LogP contribution is 2.16. The van der Waals surface area contributed by atoms with Crippen LogP contribution in [0.3, 0.4) is 0 Å². The van der Waals surface area contributed by atoms with Gasteiger partial charge in [0.05, 0.1) is 11.0 Å². The number of para-hydroxylation sites is 2. The molecule has 1 aromatic heterocycles. The van der Waals surface area contributed by atoms with Gasteiger partial charge in [0, 0.05) is 12.1 Å². The number of fused-ring (bicyclic) bond motifs is 1. The molecule has 2 aromatic rings. The van der Waals surface area contributed by atoms with E-state index in [4.69, 9.17) is 5.11 Å². The number of imidazole rings is 1. The van der Waals surface area contributed by atoms with Crippen molar-refractivity contribution in [1.82, 2.24) is 9.55 Å². The van der Waals surface area contributed by atoms with Crippen LogP contribution in [0.25, 0.3) is 11.0 Å². The predicted molar refractivity (Wildman–Crippen MR) is 70.5 cm³/mol. The fourth-order valence-corrected chi connectivity index (χ4v) is 2.01. The summed E-state index contributed by atoms with van der Waals surface area (Å²) in [6.07, 6.45) is 2.28. The maximum absolute atomic E-state index is 10.9. The van der Waals surface area contributed by atoms with Crippen LogP contribution in [0.1, 0.15) is 19.2 Å². The number of allylic oxidation sites excluding steroid dienone is 1. The lowest BCUT2D eigenvalue weighted by Crippen LogP contribution is -2.03. The Bertz CT molecular complexity index is 611. The molecular weight excluding hydrogens is 228 g/mol. The molecule has 0 aliphatic rings. The Morgan fingerprint density at radius 3 is 2.83 bits per heavy atom. The largest absolute Gasteiger partial charge is 0.478 e. The van der Waals surface area contributed by atoms with Gasteiger partial charge in [-0.1, -0.05) is 25.1 Å². The first kappa shape index (κ1) is 12.4. The van der Waals surface area contributed by atoms with E-state index in [9.17, 15) is 4.79 Å². The Hall–Kier alpha value is -2.10. The molecule has 94 valence electrons. The number of rotatable bonds is 4. The molecule has 0 bridgehead atoms. The van der Waals surface area contributed by atoms with Crippen molar-refractivity contribution >= 4 is 17.0 Å². The van der Waals surface area contributed by atoms with E-state index in [-0.39, 0.29) is 0 Å². The summed E-state index contributed by atoms with van der Waals surface area (Å²) < 4.78 is 2.02. The minimum absolute atomic E-state index is 0.437. The van der Waals surface area contributed by atoms with E-state index in [1.165, 1.54) is 0 Å². The van der Waals surface area contributed by atoms with Gasteiger partial charge in [-0.2, -0.15) is 0 Å². The van der Waals surface area contributed by atoms with Gasteiger partial charge in [0.2, 0.25) is 0 Å². The van der Waals surface area contributed by atoms with Crippen LogP contribution in [0, 0.1) is 6.92 Å². The quantitative estimate of drug-likeness (QED) is 0.841. The summed E-state index contributed by atoms with van der Waals surface area (Å²) in [5, 5.41) is 8.99. The van der Waals surface area contributed by atoms with Crippen LogP contribution in [-0.2, 0) is 11.3 Å². The van der Waals surface area contributed by atoms with Crippen LogP contribution in [0.5, 0.6) is 0 Å². The van der Waals surface area contributed by atoms with Crippen molar-refractivity contribution in [3.8, 4) is 0 Å². The van der Waals surface area contributed by atoms with Crippen molar-refractivity contribution in [1.29, 1.82) is 0 Å². The highest BCUT2D eigenvalue weighted by atomic mass is 16.4. The van der Waals surface area contributed by atoms with Crippen LogP contribution in [0.4, 0.5) is 0 Å². The summed E-state index contributed by atoms with van der Waals surface area (Å²) >= 11 is 0. The first-order valence-corrected chi connectivity index (χ1v) is 5.97. The average molecular weight is 244 g/mol. The number of hydrogen-bond donors (Lipinski definition) is 1. The zero-order valence-electron chi connectivity index (χ0n) is 10.6. The zero-order chi connectivity index (χ0) is 13.1. The number of nitrogens with zero attached hydrogens (tertiary/aromatic N) is 2. The van der Waals surface area contributed by atoms with Gasteiger partial charge < -0.3 is 9.67 Å². The number of carboxylic acid groups (broad SMARTS) is 1. The molecule has 0 unspecified atom stereocenters. The second-order valence-corrected chi connectivity index (χ2v) is 4.15. The minimum Gasteiger partial charge on any atom is -0.478 e. The number of benzene rings is 1. The first-order valence-electron chi connectivity index (χ1n) is 5.97. The SMILES string of the molecule is CCC(=CCn1c(C)nc2ccccc21)C(=O)O. The van der Waals surface area contributed by atoms with Crippen molar-refractivity contribution in [3.05, 3.63) is 41.7 Å². The molecule has 4 nitrogen and oxygen atoms in total. The van der Waals surface area contributed by atoms with Crippen molar-refractivity contribution < 1.29 is 9.90 Å². The highest BCUT2D eigenvalue weighted by Gasteiger charge is 2.07. The number of carboxylic acids is 1. The van der Waals surface area contributed by atoms with Crippen molar-refractivity contribution in [2.75, 3.05) is 0 Å². The molecular formula is C14H16N2O2. The lowest BCUT2D eigenvalue weighted by Gasteiger charge is -2.04. The lowest BCUT2D eigenvalue weighted by molar-refractivity contribution is -0.132. The third-order valence-electron chi connectivity index (χ3n) is 3.02. The van der Waals surface area contributed by atoms with Crippen LogP contribution in [0.15, 0.2) is 35.9 Å². The van der Waals surface area contributed by atoms with E-state index in [0.29, 0.717) is 18.5 Å². The van der Waals surface area contributed by atoms with E-state index in [0.717, 1.165) is 16.9 Å². The molecule has 0 aliphatic heterocycles. The van der Waals surface area contributed by atoms with Gasteiger partial charge in [-0.3, -0.25) is 0 Å². The second-order valence-electron chi connectivity index (χ2n) is 4.15. The maximum Gasteiger partial charge on any atom is 0.331 e.